The van der Waals surface area contributed by atoms with Gasteiger partial charge in [-0.2, -0.15) is 0 Å². The van der Waals surface area contributed by atoms with Gasteiger partial charge in [0.15, 0.2) is 0 Å². The van der Waals surface area contributed by atoms with Crippen molar-refractivity contribution in [1.82, 2.24) is 9.55 Å². The lowest BCUT2D eigenvalue weighted by Gasteiger charge is -2.12. The second-order valence-electron chi connectivity index (χ2n) is 5.63. The molecule has 1 N–H and O–H groups in total. The van der Waals surface area contributed by atoms with E-state index in [1.807, 2.05) is 38.1 Å². The largest absolute Gasteiger partial charge is 0.492 e. The van der Waals surface area contributed by atoms with Crippen molar-refractivity contribution in [2.24, 2.45) is 0 Å². The molecule has 3 aromatic rings. The summed E-state index contributed by atoms with van der Waals surface area (Å²) in [5, 5.41) is 3.28. The number of amides is 1. The Morgan fingerprint density at radius 2 is 2.00 bits per heavy atom. The molecule has 0 spiro atoms. The molecule has 2 aromatic carbocycles. The second kappa shape index (κ2) is 7.17. The van der Waals surface area contributed by atoms with Crippen LogP contribution >= 0.6 is 0 Å². The van der Waals surface area contributed by atoms with Gasteiger partial charge < -0.3 is 10.1 Å². The first-order valence-corrected chi connectivity index (χ1v) is 8.06. The summed E-state index contributed by atoms with van der Waals surface area (Å²) in [5.41, 5.74) is 1.93. The number of hydrogen-bond donors (Lipinski definition) is 1. The topological polar surface area (TPSA) is 73.2 Å². The van der Waals surface area contributed by atoms with E-state index in [1.165, 1.54) is 10.9 Å². The number of aromatic nitrogens is 2. The fourth-order valence-corrected chi connectivity index (χ4v) is 2.65. The summed E-state index contributed by atoms with van der Waals surface area (Å²) in [6.07, 6.45) is 1.41. The van der Waals surface area contributed by atoms with E-state index < -0.39 is 0 Å². The van der Waals surface area contributed by atoms with Gasteiger partial charge in [0.1, 0.15) is 12.3 Å². The molecule has 0 saturated carbocycles. The first kappa shape index (κ1) is 16.7. The van der Waals surface area contributed by atoms with Crippen molar-refractivity contribution in [3.63, 3.8) is 0 Å². The summed E-state index contributed by atoms with van der Waals surface area (Å²) in [7, 11) is 0. The summed E-state index contributed by atoms with van der Waals surface area (Å²) < 4.78 is 6.79. The maximum atomic E-state index is 12.6. The number of aryl methyl sites for hydroxylation is 1. The second-order valence-corrected chi connectivity index (χ2v) is 5.63. The van der Waals surface area contributed by atoms with Gasteiger partial charge in [-0.25, -0.2) is 4.98 Å². The van der Waals surface area contributed by atoms with Gasteiger partial charge in [-0.15, -0.1) is 0 Å². The average Bonchev–Trinajstić information content (AvgIpc) is 2.60. The molecule has 0 saturated heterocycles. The molecule has 0 fully saturated rings. The Hall–Kier alpha value is -3.15. The summed E-state index contributed by atoms with van der Waals surface area (Å²) in [4.78, 5) is 29.2. The molecule has 25 heavy (non-hydrogen) atoms. The molecule has 3 rings (SSSR count). The van der Waals surface area contributed by atoms with E-state index in [-0.39, 0.29) is 18.0 Å². The maximum absolute atomic E-state index is 12.6. The van der Waals surface area contributed by atoms with Crippen molar-refractivity contribution in [3.05, 3.63) is 64.7 Å². The Balaban J connectivity index is 1.83. The molecule has 1 amide bonds. The molecule has 6 heteroatoms. The van der Waals surface area contributed by atoms with Crippen LogP contribution in [0.1, 0.15) is 12.5 Å². The van der Waals surface area contributed by atoms with Gasteiger partial charge in [-0.3, -0.25) is 14.2 Å². The van der Waals surface area contributed by atoms with Crippen molar-refractivity contribution in [3.8, 4) is 5.75 Å². The van der Waals surface area contributed by atoms with Gasteiger partial charge in [0.05, 0.1) is 29.5 Å². The summed E-state index contributed by atoms with van der Waals surface area (Å²) >= 11 is 0. The predicted molar refractivity (Wildman–Crippen MR) is 97.0 cm³/mol. The first-order chi connectivity index (χ1) is 12.1. The van der Waals surface area contributed by atoms with Crippen molar-refractivity contribution in [2.75, 3.05) is 11.9 Å². The van der Waals surface area contributed by atoms with E-state index in [1.54, 1.807) is 18.2 Å². The van der Waals surface area contributed by atoms with Crippen LogP contribution in [0.4, 0.5) is 5.69 Å². The minimum atomic E-state index is -0.317. The molecule has 6 nitrogen and oxygen atoms in total. The number of hydrogen-bond acceptors (Lipinski definition) is 4. The lowest BCUT2D eigenvalue weighted by atomic mass is 10.1. The fraction of sp³-hybridized carbons (Fsp3) is 0.211. The number of para-hydroxylation sites is 3. The van der Waals surface area contributed by atoms with E-state index >= 15 is 0 Å². The van der Waals surface area contributed by atoms with Crippen LogP contribution in [0.3, 0.4) is 0 Å². The first-order valence-electron chi connectivity index (χ1n) is 8.06. The number of fused-ring (bicyclic) bond motifs is 1. The summed E-state index contributed by atoms with van der Waals surface area (Å²) in [6, 6.07) is 12.6. The van der Waals surface area contributed by atoms with Gasteiger partial charge in [0.2, 0.25) is 5.91 Å². The average molecular weight is 337 g/mol. The van der Waals surface area contributed by atoms with Crippen LogP contribution in [0.2, 0.25) is 0 Å². The van der Waals surface area contributed by atoms with Crippen molar-refractivity contribution < 1.29 is 9.53 Å². The van der Waals surface area contributed by atoms with Crippen LogP contribution < -0.4 is 15.6 Å². The van der Waals surface area contributed by atoms with Crippen molar-refractivity contribution in [2.45, 2.75) is 20.4 Å². The van der Waals surface area contributed by atoms with E-state index in [0.29, 0.717) is 28.9 Å². The van der Waals surface area contributed by atoms with E-state index in [2.05, 4.69) is 10.3 Å². The number of rotatable bonds is 5. The Labute approximate surface area is 145 Å². The minimum absolute atomic E-state index is 0.115. The molecule has 128 valence electrons. The van der Waals surface area contributed by atoms with Crippen LogP contribution in [0.15, 0.2) is 53.6 Å². The van der Waals surface area contributed by atoms with E-state index in [9.17, 15) is 9.59 Å². The zero-order valence-corrected chi connectivity index (χ0v) is 14.2. The molecule has 0 bridgehead atoms. The van der Waals surface area contributed by atoms with Crippen molar-refractivity contribution >= 4 is 22.5 Å². The van der Waals surface area contributed by atoms with E-state index in [4.69, 9.17) is 4.74 Å². The van der Waals surface area contributed by atoms with E-state index in [0.717, 1.165) is 5.56 Å². The van der Waals surface area contributed by atoms with Crippen LogP contribution in [-0.2, 0) is 11.3 Å². The van der Waals surface area contributed by atoms with Gasteiger partial charge in [0, 0.05) is 0 Å². The number of nitrogens with zero attached hydrogens (tertiary/aromatic N) is 2. The summed E-state index contributed by atoms with van der Waals surface area (Å²) in [5.74, 6) is 0.279. The Morgan fingerprint density at radius 3 is 2.80 bits per heavy atom. The van der Waals surface area contributed by atoms with Gasteiger partial charge in [-0.1, -0.05) is 24.3 Å². The molecule has 0 aliphatic heterocycles. The standard InChI is InChI=1S/C19H19N3O3/c1-3-25-16-10-5-4-9-15(16)21-17(23)11-22-12-20-18-13(2)7-6-8-14(18)19(22)24/h4-10,12H,3,11H2,1-2H3,(H,21,23). The highest BCUT2D eigenvalue weighted by Gasteiger charge is 2.11. The molecular weight excluding hydrogens is 318 g/mol. The third-order valence-corrected chi connectivity index (χ3v) is 3.83. The molecule has 0 unspecified atom stereocenters. The number of benzene rings is 2. The lowest BCUT2D eigenvalue weighted by molar-refractivity contribution is -0.116. The van der Waals surface area contributed by atoms with Gasteiger partial charge >= 0.3 is 0 Å². The molecule has 1 heterocycles. The predicted octanol–water partition coefficient (Wildman–Crippen LogP) is 2.74. The normalized spacial score (nSPS) is 10.6. The highest BCUT2D eigenvalue weighted by molar-refractivity contribution is 5.92. The Morgan fingerprint density at radius 1 is 1.20 bits per heavy atom. The van der Waals surface area contributed by atoms with Crippen LogP contribution in [-0.4, -0.2) is 22.1 Å². The lowest BCUT2D eigenvalue weighted by Crippen LogP contribution is -2.28. The smallest absolute Gasteiger partial charge is 0.261 e. The zero-order valence-electron chi connectivity index (χ0n) is 14.2. The Kier molecular flexibility index (Phi) is 4.79. The van der Waals surface area contributed by atoms with Crippen LogP contribution in [0, 0.1) is 6.92 Å². The quantitative estimate of drug-likeness (QED) is 0.777. The molecule has 0 atom stereocenters. The number of anilines is 1. The molecule has 0 aliphatic carbocycles. The van der Waals surface area contributed by atoms with Crippen LogP contribution in [0.5, 0.6) is 5.75 Å². The summed E-state index contributed by atoms with van der Waals surface area (Å²) in [6.45, 7) is 4.16. The van der Waals surface area contributed by atoms with Crippen LogP contribution in [0.25, 0.3) is 10.9 Å². The number of carbonyl (C=O) groups excluding carboxylic acids is 1. The maximum Gasteiger partial charge on any atom is 0.261 e. The van der Waals surface area contributed by atoms with Gasteiger partial charge in [-0.05, 0) is 37.6 Å². The fourth-order valence-electron chi connectivity index (χ4n) is 2.65. The monoisotopic (exact) mass is 337 g/mol. The number of ether oxygens (including phenoxy) is 1. The molecule has 0 aliphatic rings. The highest BCUT2D eigenvalue weighted by Crippen LogP contribution is 2.23. The third-order valence-electron chi connectivity index (χ3n) is 3.83. The minimum Gasteiger partial charge on any atom is -0.492 e. The zero-order chi connectivity index (χ0) is 17.8. The van der Waals surface area contributed by atoms with Crippen molar-refractivity contribution in [1.29, 1.82) is 0 Å². The third kappa shape index (κ3) is 3.52. The highest BCUT2D eigenvalue weighted by atomic mass is 16.5. The molecular formula is C19H19N3O3. The Bertz CT molecular complexity index is 979. The van der Waals surface area contributed by atoms with Gasteiger partial charge in [0.25, 0.3) is 5.56 Å². The molecule has 1 aromatic heterocycles. The number of nitrogens with one attached hydrogen (secondary N) is 1. The number of carbonyl (C=O) groups is 1. The molecule has 0 radical (unpaired) electrons. The SMILES string of the molecule is CCOc1ccccc1NC(=O)Cn1cnc2c(C)cccc2c1=O.